The zero-order chi connectivity index (χ0) is 33.5. The SMILES string of the molecule is CC(=O)OC[C@H]1O[C@@H](Sc2nnc(-c3ccccc3O)n2/N=C/c2cc(Cl)ccc2O)[C@H](OC(C)=O)[C@@H](OC(C)=O)[C@@H]1OC(C)=O. The van der Waals surface area contributed by atoms with Crippen LogP contribution in [0.2, 0.25) is 5.02 Å². The number of para-hydroxylation sites is 1. The summed E-state index contributed by atoms with van der Waals surface area (Å²) in [5, 5.41) is 34.1. The molecular weight excluding hydrogens is 648 g/mol. The maximum Gasteiger partial charge on any atom is 0.303 e. The second-order valence-electron chi connectivity index (χ2n) is 9.77. The van der Waals surface area contributed by atoms with Gasteiger partial charge in [-0.15, -0.1) is 10.2 Å². The first kappa shape index (κ1) is 34.2. The van der Waals surface area contributed by atoms with Gasteiger partial charge in [0.15, 0.2) is 29.6 Å². The fourth-order valence-electron chi connectivity index (χ4n) is 4.41. The number of hydrogen-bond donors (Lipinski definition) is 2. The highest BCUT2D eigenvalue weighted by Crippen LogP contribution is 2.39. The number of rotatable bonds is 10. The lowest BCUT2D eigenvalue weighted by atomic mass is 9.99. The van der Waals surface area contributed by atoms with Crippen LogP contribution in [0.25, 0.3) is 11.4 Å². The molecule has 46 heavy (non-hydrogen) atoms. The summed E-state index contributed by atoms with van der Waals surface area (Å²) in [6.45, 7) is 4.10. The van der Waals surface area contributed by atoms with Crippen molar-refractivity contribution in [3.8, 4) is 22.9 Å². The second-order valence-corrected chi connectivity index (χ2v) is 11.3. The molecule has 5 atom stereocenters. The van der Waals surface area contributed by atoms with E-state index in [1.165, 1.54) is 42.1 Å². The average molecular weight is 677 g/mol. The molecule has 1 saturated heterocycles. The van der Waals surface area contributed by atoms with E-state index < -0.39 is 60.3 Å². The number of benzene rings is 2. The van der Waals surface area contributed by atoms with E-state index >= 15 is 0 Å². The van der Waals surface area contributed by atoms with Crippen molar-refractivity contribution in [2.45, 2.75) is 62.7 Å². The monoisotopic (exact) mass is 676 g/mol. The summed E-state index contributed by atoms with van der Waals surface area (Å²) in [7, 11) is 0. The van der Waals surface area contributed by atoms with Gasteiger partial charge in [-0.05, 0) is 42.1 Å². The van der Waals surface area contributed by atoms with Gasteiger partial charge in [0.25, 0.3) is 0 Å². The Hall–Kier alpha value is -4.67. The average Bonchev–Trinajstić information content (AvgIpc) is 3.36. The van der Waals surface area contributed by atoms with Crippen molar-refractivity contribution in [1.82, 2.24) is 14.9 Å². The molecule has 2 aromatic carbocycles. The Morgan fingerprint density at radius 3 is 2.22 bits per heavy atom. The Morgan fingerprint density at radius 1 is 0.913 bits per heavy atom. The van der Waals surface area contributed by atoms with Crippen molar-refractivity contribution in [3.63, 3.8) is 0 Å². The van der Waals surface area contributed by atoms with Crippen molar-refractivity contribution in [1.29, 1.82) is 0 Å². The fraction of sp³-hybridized carbons (Fsp3) is 0.345. The molecule has 2 heterocycles. The van der Waals surface area contributed by atoms with E-state index in [0.29, 0.717) is 5.02 Å². The van der Waals surface area contributed by atoms with E-state index in [-0.39, 0.29) is 33.6 Å². The lowest BCUT2D eigenvalue weighted by Crippen LogP contribution is -2.61. The van der Waals surface area contributed by atoms with Crippen molar-refractivity contribution in [2.75, 3.05) is 6.61 Å². The van der Waals surface area contributed by atoms with Gasteiger partial charge in [-0.2, -0.15) is 9.78 Å². The van der Waals surface area contributed by atoms with Crippen molar-refractivity contribution >= 4 is 53.5 Å². The Bertz CT molecular complexity index is 1650. The number of ether oxygens (including phenoxy) is 5. The van der Waals surface area contributed by atoms with Crippen LogP contribution in [0.1, 0.15) is 33.3 Å². The largest absolute Gasteiger partial charge is 0.507 e. The van der Waals surface area contributed by atoms with Gasteiger partial charge in [0.1, 0.15) is 24.2 Å². The highest BCUT2D eigenvalue weighted by atomic mass is 35.5. The standard InChI is InChI=1S/C29H29ClN4O11S/c1-14(35)41-13-23-24(42-15(2)36)25(43-16(3)37)26(44-17(4)38)28(45-23)46-29-33-32-27(20-7-5-6-8-22(20)40)34(29)31-12-18-11-19(30)9-10-21(18)39/h5-12,23-26,28,39-40H,13H2,1-4H3/b31-12+/t23-,24-,25+,26-,28+/m1/s1. The molecule has 1 aliphatic heterocycles. The molecule has 0 bridgehead atoms. The molecule has 1 aliphatic rings. The second kappa shape index (κ2) is 15.1. The maximum atomic E-state index is 12.3. The van der Waals surface area contributed by atoms with Gasteiger partial charge < -0.3 is 33.9 Å². The van der Waals surface area contributed by atoms with Crippen LogP contribution in [0.5, 0.6) is 11.5 Å². The lowest BCUT2D eigenvalue weighted by molar-refractivity contribution is -0.237. The quantitative estimate of drug-likeness (QED) is 0.180. The third-order valence-electron chi connectivity index (χ3n) is 6.23. The number of aromatic hydroxyl groups is 2. The molecule has 4 rings (SSSR count). The summed E-state index contributed by atoms with van der Waals surface area (Å²) in [4.78, 5) is 48.2. The minimum atomic E-state index is -1.40. The number of aromatic nitrogens is 3. The first-order valence-electron chi connectivity index (χ1n) is 13.6. The van der Waals surface area contributed by atoms with Gasteiger partial charge in [0.05, 0.1) is 11.8 Å². The molecule has 1 aromatic heterocycles. The molecule has 244 valence electrons. The number of hydrogen-bond acceptors (Lipinski definition) is 15. The molecule has 2 N–H and O–H groups in total. The normalized spacial score (nSPS) is 21.0. The van der Waals surface area contributed by atoms with E-state index in [4.69, 9.17) is 35.3 Å². The van der Waals surface area contributed by atoms with Gasteiger partial charge in [-0.25, -0.2) is 0 Å². The lowest BCUT2D eigenvalue weighted by Gasteiger charge is -2.43. The molecule has 0 unspecified atom stereocenters. The van der Waals surface area contributed by atoms with Crippen LogP contribution in [0, 0.1) is 0 Å². The van der Waals surface area contributed by atoms with E-state index in [9.17, 15) is 29.4 Å². The minimum Gasteiger partial charge on any atom is -0.507 e. The summed E-state index contributed by atoms with van der Waals surface area (Å²) in [5.74, 6) is -3.18. The summed E-state index contributed by atoms with van der Waals surface area (Å²) < 4.78 is 29.0. The smallest absolute Gasteiger partial charge is 0.303 e. The van der Waals surface area contributed by atoms with Gasteiger partial charge in [-0.1, -0.05) is 23.7 Å². The fourth-order valence-corrected chi connectivity index (χ4v) is 5.66. The third kappa shape index (κ3) is 8.52. The van der Waals surface area contributed by atoms with Crippen molar-refractivity contribution in [2.24, 2.45) is 5.10 Å². The predicted octanol–water partition coefficient (Wildman–Crippen LogP) is 3.07. The number of phenols is 2. The van der Waals surface area contributed by atoms with Crippen LogP contribution in [-0.4, -0.2) is 91.6 Å². The van der Waals surface area contributed by atoms with E-state index in [1.807, 2.05) is 0 Å². The zero-order valence-electron chi connectivity index (χ0n) is 24.9. The van der Waals surface area contributed by atoms with Crippen molar-refractivity contribution < 1.29 is 53.1 Å². The van der Waals surface area contributed by atoms with Crippen LogP contribution in [0.3, 0.4) is 0 Å². The topological polar surface area (TPSA) is 198 Å². The summed E-state index contributed by atoms with van der Waals surface area (Å²) in [6, 6.07) is 10.6. The zero-order valence-corrected chi connectivity index (χ0v) is 26.4. The summed E-state index contributed by atoms with van der Waals surface area (Å²) >= 11 is 6.93. The Morgan fingerprint density at radius 2 is 1.57 bits per heavy atom. The first-order chi connectivity index (χ1) is 21.8. The number of phenolic OH excluding ortho intramolecular Hbond substituents is 2. The van der Waals surface area contributed by atoms with E-state index in [2.05, 4.69) is 15.3 Å². The number of esters is 4. The molecule has 3 aromatic rings. The van der Waals surface area contributed by atoms with Crippen molar-refractivity contribution in [3.05, 3.63) is 53.1 Å². The maximum absolute atomic E-state index is 12.3. The molecule has 0 amide bonds. The van der Waals surface area contributed by atoms with E-state index in [1.54, 1.807) is 18.2 Å². The number of carbonyl (C=O) groups excluding carboxylic acids is 4. The summed E-state index contributed by atoms with van der Waals surface area (Å²) in [6.07, 6.45) is -4.05. The molecule has 17 heteroatoms. The Labute approximate surface area is 271 Å². The van der Waals surface area contributed by atoms with Gasteiger partial charge in [0.2, 0.25) is 5.16 Å². The minimum absolute atomic E-state index is 0.0249. The van der Waals surface area contributed by atoms with Gasteiger partial charge in [0, 0.05) is 38.3 Å². The Kier molecular flexibility index (Phi) is 11.2. The highest BCUT2D eigenvalue weighted by molar-refractivity contribution is 7.99. The van der Waals surface area contributed by atoms with Gasteiger partial charge >= 0.3 is 23.9 Å². The molecule has 0 spiro atoms. The molecular formula is C29H29ClN4O11S. The number of nitrogens with zero attached hydrogens (tertiary/aromatic N) is 4. The number of carbonyl (C=O) groups is 4. The van der Waals surface area contributed by atoms with Crippen LogP contribution in [0.4, 0.5) is 0 Å². The molecule has 1 fully saturated rings. The van der Waals surface area contributed by atoms with Crippen LogP contribution >= 0.6 is 23.4 Å². The van der Waals surface area contributed by atoms with Gasteiger partial charge in [-0.3, -0.25) is 19.2 Å². The van der Waals surface area contributed by atoms with Crippen LogP contribution < -0.4 is 0 Å². The number of thioether (sulfide) groups is 1. The molecule has 15 nitrogen and oxygen atoms in total. The Balaban J connectivity index is 1.82. The first-order valence-corrected chi connectivity index (χ1v) is 14.8. The molecule has 0 aliphatic carbocycles. The highest BCUT2D eigenvalue weighted by Gasteiger charge is 2.53. The molecule has 0 radical (unpaired) electrons. The van der Waals surface area contributed by atoms with Crippen LogP contribution in [-0.2, 0) is 42.9 Å². The third-order valence-corrected chi connectivity index (χ3v) is 7.54. The summed E-state index contributed by atoms with van der Waals surface area (Å²) in [5.41, 5.74) is -0.751. The predicted molar refractivity (Wildman–Crippen MR) is 161 cm³/mol. The van der Waals surface area contributed by atoms with E-state index in [0.717, 1.165) is 32.5 Å². The van der Waals surface area contributed by atoms with Crippen LogP contribution in [0.15, 0.2) is 52.7 Å². The molecule has 0 saturated carbocycles. The number of halogens is 1.